The standard InChI is InChI=1S/C16H19NO2S/c1-10(2)17-16(19)11(3)20-15-9-8-14(18)12-6-4-5-7-13(12)15/h4-11,18H,1-3H3,(H,17,19). The molecule has 0 aromatic heterocycles. The van der Waals surface area contributed by atoms with Crippen molar-refractivity contribution in [3.05, 3.63) is 36.4 Å². The Morgan fingerprint density at radius 2 is 1.75 bits per heavy atom. The van der Waals surface area contributed by atoms with Crippen LogP contribution < -0.4 is 5.32 Å². The molecule has 0 aliphatic heterocycles. The third kappa shape index (κ3) is 3.25. The van der Waals surface area contributed by atoms with Crippen molar-refractivity contribution in [3.63, 3.8) is 0 Å². The maximum Gasteiger partial charge on any atom is 0.233 e. The number of benzene rings is 2. The van der Waals surface area contributed by atoms with Crippen molar-refractivity contribution in [2.75, 3.05) is 0 Å². The van der Waals surface area contributed by atoms with Crippen molar-refractivity contribution in [2.24, 2.45) is 0 Å². The van der Waals surface area contributed by atoms with Gasteiger partial charge in [-0.05, 0) is 38.3 Å². The molecular weight excluding hydrogens is 270 g/mol. The molecule has 0 radical (unpaired) electrons. The summed E-state index contributed by atoms with van der Waals surface area (Å²) in [5, 5.41) is 14.4. The Morgan fingerprint density at radius 3 is 2.40 bits per heavy atom. The van der Waals surface area contributed by atoms with Gasteiger partial charge < -0.3 is 10.4 Å². The molecule has 4 heteroatoms. The number of phenolic OH excluding ortho intramolecular Hbond substituents is 1. The van der Waals surface area contributed by atoms with Crippen LogP contribution in [0, 0.1) is 0 Å². The third-order valence-electron chi connectivity index (χ3n) is 2.96. The lowest BCUT2D eigenvalue weighted by molar-refractivity contribution is -0.120. The molecule has 1 atom stereocenters. The first-order valence-electron chi connectivity index (χ1n) is 6.66. The van der Waals surface area contributed by atoms with Crippen LogP contribution in [0.15, 0.2) is 41.3 Å². The number of hydrogen-bond acceptors (Lipinski definition) is 3. The number of phenols is 1. The molecule has 0 heterocycles. The Morgan fingerprint density at radius 1 is 1.10 bits per heavy atom. The van der Waals surface area contributed by atoms with Crippen molar-refractivity contribution < 1.29 is 9.90 Å². The molecule has 0 aliphatic carbocycles. The molecule has 2 rings (SSSR count). The van der Waals surface area contributed by atoms with Gasteiger partial charge in [-0.2, -0.15) is 0 Å². The summed E-state index contributed by atoms with van der Waals surface area (Å²) in [6.07, 6.45) is 0. The van der Waals surface area contributed by atoms with E-state index in [0.717, 1.165) is 15.7 Å². The Bertz CT molecular complexity index is 625. The highest BCUT2D eigenvalue weighted by Gasteiger charge is 2.16. The van der Waals surface area contributed by atoms with Gasteiger partial charge in [0.1, 0.15) is 5.75 Å². The number of hydrogen-bond donors (Lipinski definition) is 2. The number of fused-ring (bicyclic) bond motifs is 1. The van der Waals surface area contributed by atoms with Crippen LogP contribution >= 0.6 is 11.8 Å². The Kier molecular flexibility index (Phi) is 4.55. The molecule has 2 aromatic rings. The van der Waals surface area contributed by atoms with Gasteiger partial charge in [-0.3, -0.25) is 4.79 Å². The molecule has 20 heavy (non-hydrogen) atoms. The van der Waals surface area contributed by atoms with E-state index in [1.54, 1.807) is 6.07 Å². The van der Waals surface area contributed by atoms with E-state index >= 15 is 0 Å². The highest BCUT2D eigenvalue weighted by atomic mass is 32.2. The second-order valence-electron chi connectivity index (χ2n) is 5.05. The van der Waals surface area contributed by atoms with Crippen LogP contribution in [0.4, 0.5) is 0 Å². The SMILES string of the molecule is CC(C)NC(=O)C(C)Sc1ccc(O)c2ccccc12. The van der Waals surface area contributed by atoms with Crippen LogP contribution in [-0.4, -0.2) is 22.3 Å². The maximum absolute atomic E-state index is 12.0. The van der Waals surface area contributed by atoms with E-state index in [2.05, 4.69) is 5.32 Å². The van der Waals surface area contributed by atoms with Crippen molar-refractivity contribution in [1.29, 1.82) is 0 Å². The number of carbonyl (C=O) groups excluding carboxylic acids is 1. The molecule has 0 fully saturated rings. The van der Waals surface area contributed by atoms with E-state index in [1.807, 2.05) is 51.1 Å². The van der Waals surface area contributed by atoms with Crippen LogP contribution in [0.1, 0.15) is 20.8 Å². The number of aromatic hydroxyl groups is 1. The third-order valence-corrected chi connectivity index (χ3v) is 4.14. The van der Waals surface area contributed by atoms with E-state index in [1.165, 1.54) is 11.8 Å². The lowest BCUT2D eigenvalue weighted by atomic mass is 10.1. The van der Waals surface area contributed by atoms with Crippen molar-refractivity contribution in [2.45, 2.75) is 37.0 Å². The summed E-state index contributed by atoms with van der Waals surface area (Å²) >= 11 is 1.51. The smallest absolute Gasteiger partial charge is 0.233 e. The summed E-state index contributed by atoms with van der Waals surface area (Å²) < 4.78 is 0. The number of amides is 1. The monoisotopic (exact) mass is 289 g/mol. The normalized spacial score (nSPS) is 12.6. The molecule has 0 saturated heterocycles. The quantitative estimate of drug-likeness (QED) is 0.846. The van der Waals surface area contributed by atoms with E-state index in [0.29, 0.717) is 0 Å². The number of carbonyl (C=O) groups is 1. The molecule has 106 valence electrons. The molecule has 0 aliphatic rings. The van der Waals surface area contributed by atoms with E-state index < -0.39 is 0 Å². The summed E-state index contributed by atoms with van der Waals surface area (Å²) in [7, 11) is 0. The van der Waals surface area contributed by atoms with Gasteiger partial charge in [0, 0.05) is 16.3 Å². The van der Waals surface area contributed by atoms with Crippen LogP contribution in [-0.2, 0) is 4.79 Å². The van der Waals surface area contributed by atoms with E-state index in [-0.39, 0.29) is 22.9 Å². The fourth-order valence-electron chi connectivity index (χ4n) is 2.00. The van der Waals surface area contributed by atoms with E-state index in [9.17, 15) is 9.90 Å². The molecule has 0 spiro atoms. The Labute approximate surface area is 123 Å². The van der Waals surface area contributed by atoms with Crippen LogP contribution in [0.25, 0.3) is 10.8 Å². The first-order chi connectivity index (χ1) is 9.49. The van der Waals surface area contributed by atoms with Gasteiger partial charge in [0.15, 0.2) is 0 Å². The molecule has 0 bridgehead atoms. The van der Waals surface area contributed by atoms with Gasteiger partial charge in [-0.15, -0.1) is 11.8 Å². The minimum absolute atomic E-state index is 0.0298. The number of nitrogens with one attached hydrogen (secondary N) is 1. The van der Waals surface area contributed by atoms with Crippen molar-refractivity contribution in [3.8, 4) is 5.75 Å². The highest BCUT2D eigenvalue weighted by Crippen LogP contribution is 2.35. The molecule has 3 nitrogen and oxygen atoms in total. The molecule has 1 amide bonds. The van der Waals surface area contributed by atoms with Gasteiger partial charge in [0.05, 0.1) is 5.25 Å². The summed E-state index contributed by atoms with van der Waals surface area (Å²) in [5.41, 5.74) is 0. The average Bonchev–Trinajstić information content (AvgIpc) is 2.41. The van der Waals surface area contributed by atoms with Crippen molar-refractivity contribution >= 4 is 28.4 Å². The van der Waals surface area contributed by atoms with Crippen LogP contribution in [0.3, 0.4) is 0 Å². The zero-order valence-electron chi connectivity index (χ0n) is 11.9. The summed E-state index contributed by atoms with van der Waals surface area (Å²) in [6, 6.07) is 11.4. The summed E-state index contributed by atoms with van der Waals surface area (Å²) in [6.45, 7) is 5.79. The Hall–Kier alpha value is -1.68. The summed E-state index contributed by atoms with van der Waals surface area (Å²) in [4.78, 5) is 13.0. The van der Waals surface area contributed by atoms with Crippen LogP contribution in [0.2, 0.25) is 0 Å². The maximum atomic E-state index is 12.0. The second-order valence-corrected chi connectivity index (χ2v) is 6.43. The zero-order valence-corrected chi connectivity index (χ0v) is 12.7. The van der Waals surface area contributed by atoms with Crippen LogP contribution in [0.5, 0.6) is 5.75 Å². The molecule has 0 saturated carbocycles. The second kappa shape index (κ2) is 6.18. The van der Waals surface area contributed by atoms with E-state index in [4.69, 9.17) is 0 Å². The summed E-state index contributed by atoms with van der Waals surface area (Å²) in [5.74, 6) is 0.298. The lowest BCUT2D eigenvalue weighted by Crippen LogP contribution is -2.35. The predicted octanol–water partition coefficient (Wildman–Crippen LogP) is 3.55. The minimum Gasteiger partial charge on any atom is -0.507 e. The zero-order chi connectivity index (χ0) is 14.7. The Balaban J connectivity index is 2.26. The van der Waals surface area contributed by atoms with Gasteiger partial charge in [0.2, 0.25) is 5.91 Å². The largest absolute Gasteiger partial charge is 0.507 e. The molecule has 1 unspecified atom stereocenters. The highest BCUT2D eigenvalue weighted by molar-refractivity contribution is 8.00. The first kappa shape index (κ1) is 14.7. The fourth-order valence-corrected chi connectivity index (χ4v) is 3.01. The van der Waals surface area contributed by atoms with Gasteiger partial charge >= 0.3 is 0 Å². The molecule has 2 N–H and O–H groups in total. The van der Waals surface area contributed by atoms with Gasteiger partial charge in [-0.25, -0.2) is 0 Å². The topological polar surface area (TPSA) is 49.3 Å². The minimum atomic E-state index is -0.176. The fraction of sp³-hybridized carbons (Fsp3) is 0.312. The molecular formula is C16H19NO2S. The molecule has 2 aromatic carbocycles. The predicted molar refractivity (Wildman–Crippen MR) is 84.2 cm³/mol. The first-order valence-corrected chi connectivity index (χ1v) is 7.54. The van der Waals surface area contributed by atoms with Crippen molar-refractivity contribution in [1.82, 2.24) is 5.32 Å². The average molecular weight is 289 g/mol. The van der Waals surface area contributed by atoms with Gasteiger partial charge in [0.25, 0.3) is 0 Å². The number of thioether (sulfide) groups is 1. The van der Waals surface area contributed by atoms with Gasteiger partial charge in [-0.1, -0.05) is 24.3 Å². The lowest BCUT2D eigenvalue weighted by Gasteiger charge is -2.15. The number of rotatable bonds is 4.